The van der Waals surface area contributed by atoms with Gasteiger partial charge < -0.3 is 4.74 Å². The largest absolute Gasteiger partial charge is 0.383 e. The molecule has 0 aliphatic rings. The van der Waals surface area contributed by atoms with Gasteiger partial charge in [-0.25, -0.2) is 0 Å². The van der Waals surface area contributed by atoms with Crippen molar-refractivity contribution in [1.82, 2.24) is 14.8 Å². The van der Waals surface area contributed by atoms with E-state index >= 15 is 0 Å². The van der Waals surface area contributed by atoms with Crippen LogP contribution < -0.4 is 0 Å². The number of ether oxygens (including phenoxy) is 1. The van der Waals surface area contributed by atoms with E-state index in [1.165, 1.54) is 0 Å². The van der Waals surface area contributed by atoms with Crippen molar-refractivity contribution in [2.24, 2.45) is 0 Å². The molecule has 0 aliphatic carbocycles. The molecule has 0 aliphatic heterocycles. The van der Waals surface area contributed by atoms with E-state index in [4.69, 9.17) is 22.2 Å². The molecule has 0 saturated heterocycles. The summed E-state index contributed by atoms with van der Waals surface area (Å²) in [5.74, 6) is 0.717. The fourth-order valence-electron chi connectivity index (χ4n) is 1.66. The predicted octanol–water partition coefficient (Wildman–Crippen LogP) is 2.13. The van der Waals surface area contributed by atoms with Crippen LogP contribution in [0.25, 0.3) is 11.4 Å². The minimum atomic E-state index is 0.546. The molecule has 1 heterocycles. The van der Waals surface area contributed by atoms with Gasteiger partial charge in [0.1, 0.15) is 0 Å². The molecule has 18 heavy (non-hydrogen) atoms. The lowest BCUT2D eigenvalue weighted by molar-refractivity contribution is 0.187. The highest BCUT2D eigenvalue weighted by molar-refractivity contribution is 7.71. The molecule has 0 radical (unpaired) electrons. The van der Waals surface area contributed by atoms with E-state index in [1.54, 1.807) is 19.2 Å². The zero-order valence-electron chi connectivity index (χ0n) is 9.88. The van der Waals surface area contributed by atoms with Crippen molar-refractivity contribution in [2.45, 2.75) is 6.54 Å². The second kappa shape index (κ2) is 5.58. The molecule has 0 amide bonds. The summed E-state index contributed by atoms with van der Waals surface area (Å²) >= 11 is 5.17. The van der Waals surface area contributed by atoms with Gasteiger partial charge in [-0.05, 0) is 24.4 Å². The Hall–Kier alpha value is -1.97. The number of H-pyrrole nitrogens is 1. The Morgan fingerprint density at radius 2 is 2.39 bits per heavy atom. The van der Waals surface area contributed by atoms with Gasteiger partial charge in [0, 0.05) is 12.7 Å². The van der Waals surface area contributed by atoms with E-state index in [0.29, 0.717) is 29.3 Å². The minimum Gasteiger partial charge on any atom is -0.383 e. The van der Waals surface area contributed by atoms with Crippen molar-refractivity contribution in [3.63, 3.8) is 0 Å². The van der Waals surface area contributed by atoms with Crippen molar-refractivity contribution in [3.05, 3.63) is 34.6 Å². The average molecular weight is 260 g/mol. The first kappa shape index (κ1) is 12.5. The molecular weight excluding hydrogens is 248 g/mol. The van der Waals surface area contributed by atoms with Gasteiger partial charge in [-0.15, -0.1) is 0 Å². The van der Waals surface area contributed by atoms with Crippen LogP contribution in [-0.2, 0) is 11.3 Å². The average Bonchev–Trinajstić information content (AvgIpc) is 2.77. The van der Waals surface area contributed by atoms with Gasteiger partial charge in [0.25, 0.3) is 0 Å². The monoisotopic (exact) mass is 260 g/mol. The summed E-state index contributed by atoms with van der Waals surface area (Å²) in [5, 5.41) is 15.9. The van der Waals surface area contributed by atoms with Crippen LogP contribution in [0.5, 0.6) is 0 Å². The van der Waals surface area contributed by atoms with Crippen LogP contribution in [0.4, 0.5) is 0 Å². The summed E-state index contributed by atoms with van der Waals surface area (Å²) in [6.07, 6.45) is 0. The molecule has 0 bridgehead atoms. The predicted molar refractivity (Wildman–Crippen MR) is 69.4 cm³/mol. The van der Waals surface area contributed by atoms with Gasteiger partial charge in [0.05, 0.1) is 24.8 Å². The van der Waals surface area contributed by atoms with Gasteiger partial charge >= 0.3 is 0 Å². The molecule has 0 spiro atoms. The number of hydrogen-bond donors (Lipinski definition) is 1. The highest BCUT2D eigenvalue weighted by atomic mass is 32.1. The van der Waals surface area contributed by atoms with E-state index in [2.05, 4.69) is 16.3 Å². The van der Waals surface area contributed by atoms with Crippen LogP contribution in [0.1, 0.15) is 5.56 Å². The second-order valence-electron chi connectivity index (χ2n) is 3.69. The summed E-state index contributed by atoms with van der Waals surface area (Å²) in [7, 11) is 1.64. The molecule has 92 valence electrons. The van der Waals surface area contributed by atoms with Crippen LogP contribution >= 0.6 is 12.2 Å². The maximum atomic E-state index is 8.90. The van der Waals surface area contributed by atoms with Crippen molar-refractivity contribution >= 4 is 12.2 Å². The van der Waals surface area contributed by atoms with Gasteiger partial charge in [-0.1, -0.05) is 12.1 Å². The summed E-state index contributed by atoms with van der Waals surface area (Å²) in [6.45, 7) is 1.18. The van der Waals surface area contributed by atoms with Crippen LogP contribution in [0, 0.1) is 16.1 Å². The summed E-state index contributed by atoms with van der Waals surface area (Å²) in [6, 6.07) is 9.37. The van der Waals surface area contributed by atoms with E-state index in [-0.39, 0.29) is 0 Å². The molecular formula is C12H12N4OS. The molecule has 1 aromatic heterocycles. The van der Waals surface area contributed by atoms with E-state index in [1.807, 2.05) is 16.7 Å². The fraction of sp³-hybridized carbons (Fsp3) is 0.250. The normalized spacial score (nSPS) is 10.2. The Balaban J connectivity index is 2.44. The molecule has 0 atom stereocenters. The van der Waals surface area contributed by atoms with E-state index in [9.17, 15) is 0 Å². The molecule has 0 unspecified atom stereocenters. The zero-order chi connectivity index (χ0) is 13.0. The number of methoxy groups -OCH3 is 1. The van der Waals surface area contributed by atoms with Crippen LogP contribution in [0.15, 0.2) is 24.3 Å². The van der Waals surface area contributed by atoms with Crippen LogP contribution in [0.3, 0.4) is 0 Å². The third-order valence-electron chi connectivity index (χ3n) is 2.53. The number of nitriles is 1. The molecule has 2 aromatic rings. The van der Waals surface area contributed by atoms with Crippen molar-refractivity contribution < 1.29 is 4.74 Å². The highest BCUT2D eigenvalue weighted by Gasteiger charge is 2.08. The van der Waals surface area contributed by atoms with Crippen molar-refractivity contribution in [1.29, 1.82) is 5.26 Å². The summed E-state index contributed by atoms with van der Waals surface area (Å²) in [5.41, 5.74) is 1.46. The second-order valence-corrected chi connectivity index (χ2v) is 4.08. The Labute approximate surface area is 110 Å². The standard InChI is InChI=1S/C12H12N4OS/c1-17-6-5-16-11(14-15-12(16)18)10-4-2-3-9(7-10)8-13/h2-4,7H,5-6H2,1H3,(H,15,18). The lowest BCUT2D eigenvalue weighted by atomic mass is 10.1. The number of rotatable bonds is 4. The number of nitrogens with zero attached hydrogens (tertiary/aromatic N) is 3. The molecule has 5 nitrogen and oxygen atoms in total. The number of nitrogens with one attached hydrogen (secondary N) is 1. The van der Waals surface area contributed by atoms with E-state index < -0.39 is 0 Å². The highest BCUT2D eigenvalue weighted by Crippen LogP contribution is 2.18. The molecule has 2 rings (SSSR count). The van der Waals surface area contributed by atoms with Crippen molar-refractivity contribution in [3.8, 4) is 17.5 Å². The van der Waals surface area contributed by atoms with Gasteiger partial charge in [-0.2, -0.15) is 10.4 Å². The molecule has 1 aromatic carbocycles. The fourth-order valence-corrected chi connectivity index (χ4v) is 1.88. The molecule has 1 N–H and O–H groups in total. The van der Waals surface area contributed by atoms with Crippen LogP contribution in [-0.4, -0.2) is 28.5 Å². The van der Waals surface area contributed by atoms with Gasteiger partial charge in [0.2, 0.25) is 0 Å². The SMILES string of the molecule is COCCn1c(-c2cccc(C#N)c2)n[nH]c1=S. The maximum Gasteiger partial charge on any atom is 0.195 e. The topological polar surface area (TPSA) is 66.6 Å². The third kappa shape index (κ3) is 2.47. The van der Waals surface area contributed by atoms with Gasteiger partial charge in [0.15, 0.2) is 10.6 Å². The maximum absolute atomic E-state index is 8.90. The quantitative estimate of drug-likeness (QED) is 0.855. The molecule has 6 heteroatoms. The summed E-state index contributed by atoms with van der Waals surface area (Å²) in [4.78, 5) is 0. The number of hydrogen-bond acceptors (Lipinski definition) is 4. The lowest BCUT2D eigenvalue weighted by Crippen LogP contribution is -2.06. The number of benzene rings is 1. The first-order chi connectivity index (χ1) is 8.76. The third-order valence-corrected chi connectivity index (χ3v) is 2.84. The molecule has 0 fully saturated rings. The summed E-state index contributed by atoms with van der Waals surface area (Å²) < 4.78 is 7.45. The van der Waals surface area contributed by atoms with Crippen LogP contribution in [0.2, 0.25) is 0 Å². The Morgan fingerprint density at radius 1 is 1.56 bits per heavy atom. The Bertz CT molecular complexity index is 638. The van der Waals surface area contributed by atoms with E-state index in [0.717, 1.165) is 5.56 Å². The molecule has 0 saturated carbocycles. The lowest BCUT2D eigenvalue weighted by Gasteiger charge is -2.06. The van der Waals surface area contributed by atoms with Crippen molar-refractivity contribution in [2.75, 3.05) is 13.7 Å². The minimum absolute atomic E-state index is 0.546. The first-order valence-electron chi connectivity index (χ1n) is 5.41. The zero-order valence-corrected chi connectivity index (χ0v) is 10.7. The first-order valence-corrected chi connectivity index (χ1v) is 5.81. The Kier molecular flexibility index (Phi) is 3.87. The number of aromatic nitrogens is 3. The number of aromatic amines is 1. The van der Waals surface area contributed by atoms with Gasteiger partial charge in [-0.3, -0.25) is 9.67 Å². The Morgan fingerprint density at radius 3 is 3.11 bits per heavy atom. The smallest absolute Gasteiger partial charge is 0.195 e.